The van der Waals surface area contributed by atoms with Crippen LogP contribution in [0.5, 0.6) is 0 Å². The summed E-state index contributed by atoms with van der Waals surface area (Å²) < 4.78 is 5.76. The van der Waals surface area contributed by atoms with Gasteiger partial charge in [-0.25, -0.2) is 0 Å². The Morgan fingerprint density at radius 3 is 3.00 bits per heavy atom. The van der Waals surface area contributed by atoms with Gasteiger partial charge in [0.05, 0.1) is 0 Å². The minimum absolute atomic E-state index is 0. The zero-order valence-electron chi connectivity index (χ0n) is 9.72. The Balaban J connectivity index is 0.00000108. The Hall–Kier alpha value is -1.26. The van der Waals surface area contributed by atoms with Crippen LogP contribution in [0.2, 0.25) is 0 Å². The molecule has 5 heteroatoms. The van der Waals surface area contributed by atoms with Crippen LogP contribution >= 0.6 is 12.4 Å². The number of aromatic nitrogens is 1. The Morgan fingerprint density at radius 2 is 2.24 bits per heavy atom. The van der Waals surface area contributed by atoms with Gasteiger partial charge in [-0.3, -0.25) is 0 Å². The van der Waals surface area contributed by atoms with Gasteiger partial charge in [-0.05, 0) is 19.1 Å². The number of piperazine rings is 1. The van der Waals surface area contributed by atoms with E-state index in [1.54, 1.807) is 0 Å². The number of nitrogens with one attached hydrogen (secondary N) is 1. The van der Waals surface area contributed by atoms with Crippen LogP contribution in [0, 0.1) is 0 Å². The van der Waals surface area contributed by atoms with E-state index in [4.69, 9.17) is 4.42 Å². The summed E-state index contributed by atoms with van der Waals surface area (Å²) in [4.78, 5) is 6.74. The number of fused-ring (bicyclic) bond motifs is 1. The normalized spacial score (nSPS) is 20.3. The minimum atomic E-state index is 0. The van der Waals surface area contributed by atoms with Crippen molar-refractivity contribution in [1.82, 2.24) is 10.3 Å². The van der Waals surface area contributed by atoms with Gasteiger partial charge in [0.1, 0.15) is 5.52 Å². The zero-order chi connectivity index (χ0) is 11.0. The van der Waals surface area contributed by atoms with Crippen molar-refractivity contribution in [1.29, 1.82) is 0 Å². The van der Waals surface area contributed by atoms with Gasteiger partial charge in [0.15, 0.2) is 5.58 Å². The number of para-hydroxylation sites is 2. The lowest BCUT2D eigenvalue weighted by atomic mass is 10.2. The molecular formula is C12H16ClN3O. The van der Waals surface area contributed by atoms with E-state index in [0.29, 0.717) is 6.04 Å². The molecule has 0 saturated carbocycles. The number of hydrogen-bond acceptors (Lipinski definition) is 4. The Kier molecular flexibility index (Phi) is 3.54. The maximum absolute atomic E-state index is 5.76. The first-order chi connectivity index (χ1) is 7.84. The fraction of sp³-hybridized carbons (Fsp3) is 0.417. The van der Waals surface area contributed by atoms with Gasteiger partial charge in [-0.2, -0.15) is 4.98 Å². The van der Waals surface area contributed by atoms with E-state index in [0.717, 1.165) is 36.7 Å². The van der Waals surface area contributed by atoms with Crippen LogP contribution < -0.4 is 10.2 Å². The van der Waals surface area contributed by atoms with Crippen LogP contribution in [0.25, 0.3) is 11.1 Å². The van der Waals surface area contributed by atoms with Crippen molar-refractivity contribution in [2.75, 3.05) is 24.5 Å². The van der Waals surface area contributed by atoms with E-state index in [2.05, 4.69) is 22.1 Å². The van der Waals surface area contributed by atoms with Crippen molar-refractivity contribution < 1.29 is 4.42 Å². The number of oxazole rings is 1. The summed E-state index contributed by atoms with van der Waals surface area (Å²) in [5.74, 6) is 0. The van der Waals surface area contributed by atoms with E-state index in [-0.39, 0.29) is 12.4 Å². The third-order valence-electron chi connectivity index (χ3n) is 3.03. The van der Waals surface area contributed by atoms with Gasteiger partial charge in [0.2, 0.25) is 0 Å². The quantitative estimate of drug-likeness (QED) is 0.845. The molecule has 1 fully saturated rings. The summed E-state index contributed by atoms with van der Waals surface area (Å²) in [7, 11) is 0. The Labute approximate surface area is 106 Å². The van der Waals surface area contributed by atoms with E-state index in [1.807, 2.05) is 24.3 Å². The first kappa shape index (κ1) is 12.2. The molecule has 0 spiro atoms. The van der Waals surface area contributed by atoms with E-state index >= 15 is 0 Å². The lowest BCUT2D eigenvalue weighted by Gasteiger charge is -2.32. The highest BCUT2D eigenvalue weighted by Crippen LogP contribution is 2.23. The fourth-order valence-electron chi connectivity index (χ4n) is 2.11. The number of hydrogen-bond donors (Lipinski definition) is 1. The van der Waals surface area contributed by atoms with Gasteiger partial charge in [0.25, 0.3) is 6.01 Å². The molecular weight excluding hydrogens is 238 g/mol. The molecule has 2 aromatic rings. The van der Waals surface area contributed by atoms with Gasteiger partial charge in [-0.1, -0.05) is 12.1 Å². The van der Waals surface area contributed by atoms with Gasteiger partial charge >= 0.3 is 0 Å². The Morgan fingerprint density at radius 1 is 1.41 bits per heavy atom. The smallest absolute Gasteiger partial charge is 0.298 e. The molecule has 1 aromatic carbocycles. The van der Waals surface area contributed by atoms with Crippen LogP contribution in [-0.2, 0) is 0 Å². The van der Waals surface area contributed by atoms with Gasteiger partial charge in [-0.15, -0.1) is 12.4 Å². The van der Waals surface area contributed by atoms with Crippen LogP contribution in [0.4, 0.5) is 6.01 Å². The summed E-state index contributed by atoms with van der Waals surface area (Å²) in [6, 6.07) is 9.07. The topological polar surface area (TPSA) is 41.3 Å². The van der Waals surface area contributed by atoms with Gasteiger partial charge in [0, 0.05) is 25.7 Å². The maximum Gasteiger partial charge on any atom is 0.298 e. The Bertz CT molecular complexity index is 466. The molecule has 1 N–H and O–H groups in total. The summed E-state index contributed by atoms with van der Waals surface area (Å²) in [5, 5.41) is 3.36. The average molecular weight is 254 g/mol. The van der Waals surface area contributed by atoms with Gasteiger partial charge < -0.3 is 14.6 Å². The first-order valence-corrected chi connectivity index (χ1v) is 5.67. The standard InChI is InChI=1S/C12H15N3O.ClH/c1-9-8-13-6-7-15(9)12-14-10-4-2-3-5-11(10)16-12;/h2-5,9,13H,6-8H2,1H3;1H. The van der Waals surface area contributed by atoms with E-state index in [9.17, 15) is 0 Å². The highest BCUT2D eigenvalue weighted by molar-refractivity contribution is 5.85. The third kappa shape index (κ3) is 2.23. The molecule has 1 aromatic heterocycles. The predicted molar refractivity (Wildman–Crippen MR) is 70.9 cm³/mol. The molecule has 0 bridgehead atoms. The van der Waals surface area contributed by atoms with Crippen molar-refractivity contribution in [3.05, 3.63) is 24.3 Å². The van der Waals surface area contributed by atoms with Crippen molar-refractivity contribution in [3.8, 4) is 0 Å². The average Bonchev–Trinajstić information content (AvgIpc) is 2.73. The number of anilines is 1. The second kappa shape index (κ2) is 4.94. The molecule has 1 aliphatic rings. The lowest BCUT2D eigenvalue weighted by Crippen LogP contribution is -2.50. The molecule has 3 rings (SSSR count). The molecule has 1 atom stereocenters. The highest BCUT2D eigenvalue weighted by atomic mass is 35.5. The second-order valence-electron chi connectivity index (χ2n) is 4.21. The second-order valence-corrected chi connectivity index (χ2v) is 4.21. The molecule has 0 radical (unpaired) electrons. The molecule has 1 aliphatic heterocycles. The van der Waals surface area contributed by atoms with Crippen molar-refractivity contribution in [3.63, 3.8) is 0 Å². The maximum atomic E-state index is 5.76. The predicted octanol–water partition coefficient (Wildman–Crippen LogP) is 2.05. The molecule has 1 saturated heterocycles. The minimum Gasteiger partial charge on any atom is -0.423 e. The van der Waals surface area contributed by atoms with Crippen LogP contribution in [0.1, 0.15) is 6.92 Å². The van der Waals surface area contributed by atoms with Crippen LogP contribution in [0.3, 0.4) is 0 Å². The molecule has 1 unspecified atom stereocenters. The van der Waals surface area contributed by atoms with Crippen LogP contribution in [0.15, 0.2) is 28.7 Å². The zero-order valence-corrected chi connectivity index (χ0v) is 10.5. The molecule has 17 heavy (non-hydrogen) atoms. The largest absolute Gasteiger partial charge is 0.423 e. The molecule has 4 nitrogen and oxygen atoms in total. The van der Waals surface area contributed by atoms with Crippen molar-refractivity contribution in [2.24, 2.45) is 0 Å². The summed E-state index contributed by atoms with van der Waals surface area (Å²) in [5.41, 5.74) is 1.80. The first-order valence-electron chi connectivity index (χ1n) is 5.67. The SMILES string of the molecule is CC1CNCCN1c1nc2ccccc2o1.Cl. The molecule has 0 aliphatic carbocycles. The molecule has 0 amide bonds. The number of rotatable bonds is 1. The third-order valence-corrected chi connectivity index (χ3v) is 3.03. The van der Waals surface area contributed by atoms with E-state index in [1.165, 1.54) is 0 Å². The van der Waals surface area contributed by atoms with Crippen molar-refractivity contribution in [2.45, 2.75) is 13.0 Å². The number of benzene rings is 1. The number of halogens is 1. The van der Waals surface area contributed by atoms with E-state index < -0.39 is 0 Å². The summed E-state index contributed by atoms with van der Waals surface area (Å²) in [6.07, 6.45) is 0. The van der Waals surface area contributed by atoms with Crippen molar-refractivity contribution >= 4 is 29.5 Å². The molecule has 92 valence electrons. The lowest BCUT2D eigenvalue weighted by molar-refractivity contribution is 0.456. The van der Waals surface area contributed by atoms with Crippen LogP contribution in [-0.4, -0.2) is 30.7 Å². The highest BCUT2D eigenvalue weighted by Gasteiger charge is 2.22. The molecule has 2 heterocycles. The fourth-order valence-corrected chi connectivity index (χ4v) is 2.11. The summed E-state index contributed by atoms with van der Waals surface area (Å²) >= 11 is 0. The summed E-state index contributed by atoms with van der Waals surface area (Å²) in [6.45, 7) is 5.11. The number of nitrogens with zero attached hydrogens (tertiary/aromatic N) is 2. The monoisotopic (exact) mass is 253 g/mol.